The molecule has 2 atom stereocenters. The van der Waals surface area contributed by atoms with E-state index in [4.69, 9.17) is 0 Å². The van der Waals surface area contributed by atoms with E-state index in [9.17, 15) is 9.59 Å². The second kappa shape index (κ2) is 8.39. The lowest BCUT2D eigenvalue weighted by atomic mass is 9.82. The molecule has 3 aromatic rings. The molecule has 7 nitrogen and oxygen atoms in total. The molecule has 4 heterocycles. The Balaban J connectivity index is 1.34. The standard InChI is InChI=1S/C25H29N5O2/c1-27(12-20-11-26-28(2)13-20)24(31)22-8-9-23-21-10-19(16-30(23)25(22)32)15-29(17-21)14-18-6-4-3-5-7-18/h3-9,11,13,19,21H,10,12,14-17H2,1-2H3/t19-,21+/m0/s1. The van der Waals surface area contributed by atoms with Gasteiger partial charge in [-0.05, 0) is 30.0 Å². The Bertz CT molecular complexity index is 1180. The number of aryl methyl sites for hydroxylation is 1. The van der Waals surface area contributed by atoms with Crippen LogP contribution in [0, 0.1) is 5.92 Å². The molecule has 5 rings (SSSR count). The van der Waals surface area contributed by atoms with Crippen LogP contribution < -0.4 is 5.56 Å². The van der Waals surface area contributed by atoms with Gasteiger partial charge in [-0.15, -0.1) is 0 Å². The summed E-state index contributed by atoms with van der Waals surface area (Å²) in [4.78, 5) is 30.4. The van der Waals surface area contributed by atoms with Gasteiger partial charge in [-0.2, -0.15) is 5.10 Å². The van der Waals surface area contributed by atoms with Gasteiger partial charge in [-0.1, -0.05) is 30.3 Å². The van der Waals surface area contributed by atoms with E-state index in [0.717, 1.165) is 37.3 Å². The molecule has 1 aromatic carbocycles. The van der Waals surface area contributed by atoms with E-state index in [-0.39, 0.29) is 17.0 Å². The number of carbonyl (C=O) groups is 1. The minimum Gasteiger partial charge on any atom is -0.337 e. The number of likely N-dealkylation sites (tertiary alicyclic amines) is 1. The summed E-state index contributed by atoms with van der Waals surface area (Å²) in [6.07, 6.45) is 4.73. The SMILES string of the molecule is CN(Cc1cnn(C)c1)C(=O)c1ccc2n(c1=O)C[C@H]1C[C@@H]2CN(Cc2ccccc2)C1. The van der Waals surface area contributed by atoms with Gasteiger partial charge in [-0.25, -0.2) is 0 Å². The normalized spacial score (nSPS) is 20.1. The third-order valence-electron chi connectivity index (χ3n) is 6.68. The molecule has 0 unspecified atom stereocenters. The topological polar surface area (TPSA) is 63.4 Å². The fourth-order valence-electron chi connectivity index (χ4n) is 5.28. The molecular weight excluding hydrogens is 402 g/mol. The van der Waals surface area contributed by atoms with Crippen LogP contribution in [-0.2, 0) is 26.7 Å². The fraction of sp³-hybridized carbons (Fsp3) is 0.400. The number of benzene rings is 1. The lowest BCUT2D eigenvalue weighted by Crippen LogP contribution is -2.47. The molecule has 0 spiro atoms. The molecule has 7 heteroatoms. The van der Waals surface area contributed by atoms with E-state index in [1.165, 1.54) is 5.56 Å². The number of hydrogen-bond acceptors (Lipinski definition) is 4. The summed E-state index contributed by atoms with van der Waals surface area (Å²) in [5, 5.41) is 4.15. The van der Waals surface area contributed by atoms with E-state index < -0.39 is 0 Å². The average Bonchev–Trinajstić information content (AvgIpc) is 3.19. The highest BCUT2D eigenvalue weighted by Gasteiger charge is 2.35. The van der Waals surface area contributed by atoms with Crippen LogP contribution in [0.4, 0.5) is 0 Å². The number of aromatic nitrogens is 3. The van der Waals surface area contributed by atoms with Gasteiger partial charge in [0, 0.05) is 70.2 Å². The monoisotopic (exact) mass is 431 g/mol. The summed E-state index contributed by atoms with van der Waals surface area (Å²) in [5.41, 5.74) is 3.42. The maximum absolute atomic E-state index is 13.3. The molecule has 0 aliphatic carbocycles. The molecule has 0 N–H and O–H groups in total. The third kappa shape index (κ3) is 4.00. The first kappa shape index (κ1) is 20.7. The predicted octanol–water partition coefficient (Wildman–Crippen LogP) is 2.47. The molecule has 1 saturated heterocycles. The van der Waals surface area contributed by atoms with Crippen molar-refractivity contribution >= 4 is 5.91 Å². The lowest BCUT2D eigenvalue weighted by Gasteiger charge is -2.43. The number of rotatable bonds is 5. The quantitative estimate of drug-likeness (QED) is 0.623. The molecule has 2 aliphatic heterocycles. The molecule has 0 saturated carbocycles. The minimum absolute atomic E-state index is 0.156. The summed E-state index contributed by atoms with van der Waals surface area (Å²) in [5.74, 6) is 0.521. The number of hydrogen-bond donors (Lipinski definition) is 0. The van der Waals surface area contributed by atoms with Crippen molar-refractivity contribution in [2.24, 2.45) is 13.0 Å². The zero-order valence-electron chi connectivity index (χ0n) is 18.6. The van der Waals surface area contributed by atoms with Gasteiger partial charge in [-0.3, -0.25) is 19.2 Å². The van der Waals surface area contributed by atoms with E-state index in [2.05, 4.69) is 34.3 Å². The van der Waals surface area contributed by atoms with Crippen LogP contribution in [0.3, 0.4) is 0 Å². The summed E-state index contributed by atoms with van der Waals surface area (Å²) >= 11 is 0. The zero-order chi connectivity index (χ0) is 22.2. The van der Waals surface area contributed by atoms with E-state index in [1.807, 2.05) is 29.9 Å². The van der Waals surface area contributed by atoms with E-state index in [1.54, 1.807) is 28.9 Å². The predicted molar refractivity (Wildman–Crippen MR) is 122 cm³/mol. The van der Waals surface area contributed by atoms with Gasteiger partial charge in [0.25, 0.3) is 11.5 Å². The molecule has 2 aromatic heterocycles. The van der Waals surface area contributed by atoms with Crippen molar-refractivity contribution in [2.45, 2.75) is 32.0 Å². The third-order valence-corrected chi connectivity index (χ3v) is 6.68. The zero-order valence-corrected chi connectivity index (χ0v) is 18.6. The van der Waals surface area contributed by atoms with Crippen LogP contribution in [0.2, 0.25) is 0 Å². The van der Waals surface area contributed by atoms with Gasteiger partial charge in [0.05, 0.1) is 6.20 Å². The van der Waals surface area contributed by atoms with E-state index in [0.29, 0.717) is 24.9 Å². The Hall–Kier alpha value is -3.19. The molecule has 2 aliphatic rings. The van der Waals surface area contributed by atoms with Crippen LogP contribution in [0.15, 0.2) is 59.7 Å². The van der Waals surface area contributed by atoms with Gasteiger partial charge in [0.2, 0.25) is 0 Å². The highest BCUT2D eigenvalue weighted by Crippen LogP contribution is 2.35. The molecule has 2 bridgehead atoms. The molecule has 166 valence electrons. The second-order valence-corrected chi connectivity index (χ2v) is 9.25. The number of piperidine rings is 1. The van der Waals surface area contributed by atoms with Crippen molar-refractivity contribution in [1.82, 2.24) is 24.1 Å². The highest BCUT2D eigenvalue weighted by molar-refractivity contribution is 5.93. The Morgan fingerprint density at radius 3 is 2.66 bits per heavy atom. The Labute approximate surface area is 187 Å². The van der Waals surface area contributed by atoms with Crippen molar-refractivity contribution in [3.05, 3.63) is 87.6 Å². The second-order valence-electron chi connectivity index (χ2n) is 9.25. The first-order valence-corrected chi connectivity index (χ1v) is 11.2. The summed E-state index contributed by atoms with van der Waals surface area (Å²) in [6, 6.07) is 14.3. The van der Waals surface area contributed by atoms with Gasteiger partial charge < -0.3 is 9.47 Å². The molecule has 32 heavy (non-hydrogen) atoms. The molecular formula is C25H29N5O2. The van der Waals surface area contributed by atoms with Crippen molar-refractivity contribution in [3.63, 3.8) is 0 Å². The molecule has 1 amide bonds. The van der Waals surface area contributed by atoms with E-state index >= 15 is 0 Å². The largest absolute Gasteiger partial charge is 0.337 e. The lowest BCUT2D eigenvalue weighted by molar-refractivity contribution is 0.0779. The van der Waals surface area contributed by atoms with Crippen molar-refractivity contribution < 1.29 is 4.79 Å². The van der Waals surface area contributed by atoms with Crippen LogP contribution in [0.1, 0.15) is 39.5 Å². The number of nitrogens with zero attached hydrogens (tertiary/aromatic N) is 5. The maximum Gasteiger partial charge on any atom is 0.263 e. The molecule has 1 fully saturated rings. The number of pyridine rings is 1. The van der Waals surface area contributed by atoms with Gasteiger partial charge in [0.15, 0.2) is 0 Å². The summed E-state index contributed by atoms with van der Waals surface area (Å²) in [6.45, 7) is 3.97. The Morgan fingerprint density at radius 1 is 1.09 bits per heavy atom. The van der Waals surface area contributed by atoms with Crippen molar-refractivity contribution in [1.29, 1.82) is 0 Å². The number of fused-ring (bicyclic) bond motifs is 4. The summed E-state index contributed by atoms with van der Waals surface area (Å²) < 4.78 is 3.57. The van der Waals surface area contributed by atoms with Gasteiger partial charge in [0.1, 0.15) is 5.56 Å². The highest BCUT2D eigenvalue weighted by atomic mass is 16.2. The van der Waals surface area contributed by atoms with Crippen LogP contribution in [0.25, 0.3) is 0 Å². The average molecular weight is 432 g/mol. The maximum atomic E-state index is 13.3. The number of amides is 1. The summed E-state index contributed by atoms with van der Waals surface area (Å²) in [7, 11) is 3.58. The smallest absolute Gasteiger partial charge is 0.263 e. The minimum atomic E-state index is -0.240. The first-order valence-electron chi connectivity index (χ1n) is 11.2. The van der Waals surface area contributed by atoms with Crippen LogP contribution in [-0.4, -0.2) is 50.2 Å². The molecule has 0 radical (unpaired) electrons. The van der Waals surface area contributed by atoms with Crippen LogP contribution in [0.5, 0.6) is 0 Å². The first-order chi connectivity index (χ1) is 15.5. The van der Waals surface area contributed by atoms with Crippen molar-refractivity contribution in [3.8, 4) is 0 Å². The Morgan fingerprint density at radius 2 is 1.91 bits per heavy atom. The van der Waals surface area contributed by atoms with Crippen LogP contribution >= 0.6 is 0 Å². The van der Waals surface area contributed by atoms with Crippen molar-refractivity contribution in [2.75, 3.05) is 20.1 Å². The fourth-order valence-corrected chi connectivity index (χ4v) is 5.28. The number of carbonyl (C=O) groups excluding carboxylic acids is 1. The Kier molecular flexibility index (Phi) is 5.43. The van der Waals surface area contributed by atoms with Gasteiger partial charge >= 0.3 is 0 Å².